The lowest BCUT2D eigenvalue weighted by Gasteiger charge is -2.17. The fraction of sp³-hybridized carbons (Fsp3) is 0.438. The minimum atomic E-state index is -0.00802. The number of anilines is 1. The van der Waals surface area contributed by atoms with Crippen molar-refractivity contribution in [3.8, 4) is 5.88 Å². The van der Waals surface area contributed by atoms with Crippen molar-refractivity contribution in [3.63, 3.8) is 0 Å². The third-order valence-electron chi connectivity index (χ3n) is 3.81. The largest absolute Gasteiger partial charge is 0.472 e. The molecule has 3 rings (SSSR count). The molecule has 23 heavy (non-hydrogen) atoms. The molecule has 0 radical (unpaired) electrons. The van der Waals surface area contributed by atoms with Crippen LogP contribution >= 0.6 is 11.3 Å². The van der Waals surface area contributed by atoms with Gasteiger partial charge in [0.25, 0.3) is 0 Å². The minimum Gasteiger partial charge on any atom is -0.472 e. The molecule has 0 unspecified atom stereocenters. The third kappa shape index (κ3) is 3.98. The van der Waals surface area contributed by atoms with Gasteiger partial charge in [0.15, 0.2) is 0 Å². The van der Waals surface area contributed by atoms with Crippen LogP contribution < -0.4 is 9.64 Å². The summed E-state index contributed by atoms with van der Waals surface area (Å²) in [5.41, 5.74) is 1.08. The Balaban J connectivity index is 1.55. The molecule has 1 aliphatic rings. The zero-order valence-electron chi connectivity index (χ0n) is 13.3. The van der Waals surface area contributed by atoms with Crippen LogP contribution in [0.4, 0.5) is 5.82 Å². The molecule has 1 saturated heterocycles. The van der Waals surface area contributed by atoms with Gasteiger partial charge in [0.05, 0.1) is 13.0 Å². The first-order chi connectivity index (χ1) is 11.1. The number of carbonyl (C=O) groups is 1. The van der Waals surface area contributed by atoms with Crippen LogP contribution in [0.25, 0.3) is 0 Å². The topological polar surface area (TPSA) is 58.6 Å². The first kappa shape index (κ1) is 15.7. The second-order valence-electron chi connectivity index (χ2n) is 5.79. The van der Waals surface area contributed by atoms with Crippen LogP contribution in [0.15, 0.2) is 29.2 Å². The van der Waals surface area contributed by atoms with Crippen molar-refractivity contribution >= 4 is 23.1 Å². The summed E-state index contributed by atoms with van der Waals surface area (Å²) in [5, 5.41) is 4.02. The number of ether oxygens (including phenoxy) is 1. The summed E-state index contributed by atoms with van der Waals surface area (Å²) in [4.78, 5) is 24.4. The number of hydrogen-bond acceptors (Lipinski definition) is 6. The Morgan fingerprint density at radius 1 is 1.48 bits per heavy atom. The Labute approximate surface area is 139 Å². The van der Waals surface area contributed by atoms with Gasteiger partial charge in [-0.25, -0.2) is 9.97 Å². The summed E-state index contributed by atoms with van der Waals surface area (Å²) >= 11 is 1.62. The van der Waals surface area contributed by atoms with Gasteiger partial charge in [-0.3, -0.25) is 4.79 Å². The molecule has 6 nitrogen and oxygen atoms in total. The molecule has 0 aliphatic carbocycles. The molecule has 0 saturated carbocycles. The quantitative estimate of drug-likeness (QED) is 0.836. The van der Waals surface area contributed by atoms with Crippen LogP contribution in [0, 0.1) is 0 Å². The standard InChI is InChI=1S/C16H20N4O2S/c1-19(2)14-8-15(18-11-17-14)22-13-3-5-20(9-13)16(21)7-12-4-6-23-10-12/h4,6,8,10-11,13H,3,5,7,9H2,1-2H3/t13-/m0/s1. The maximum Gasteiger partial charge on any atom is 0.227 e. The van der Waals surface area contributed by atoms with Crippen LogP contribution in [-0.4, -0.2) is 54.1 Å². The van der Waals surface area contributed by atoms with E-state index in [1.807, 2.05) is 46.8 Å². The average molecular weight is 332 g/mol. The maximum absolute atomic E-state index is 12.3. The van der Waals surface area contributed by atoms with Crippen LogP contribution in [-0.2, 0) is 11.2 Å². The van der Waals surface area contributed by atoms with E-state index in [0.29, 0.717) is 18.8 Å². The van der Waals surface area contributed by atoms with E-state index in [1.54, 1.807) is 11.3 Å². The molecular weight excluding hydrogens is 312 g/mol. The SMILES string of the molecule is CN(C)c1cc(O[C@H]2CCN(C(=O)Cc3ccsc3)C2)ncn1. The van der Waals surface area contributed by atoms with Crippen LogP contribution in [0.3, 0.4) is 0 Å². The van der Waals surface area contributed by atoms with Gasteiger partial charge in [0.1, 0.15) is 18.2 Å². The number of carbonyl (C=O) groups excluding carboxylic acids is 1. The number of thiophene rings is 1. The van der Waals surface area contributed by atoms with E-state index >= 15 is 0 Å². The lowest BCUT2D eigenvalue weighted by atomic mass is 10.2. The van der Waals surface area contributed by atoms with Gasteiger partial charge in [-0.15, -0.1) is 0 Å². The fourth-order valence-electron chi connectivity index (χ4n) is 2.54. The predicted molar refractivity (Wildman–Crippen MR) is 90.0 cm³/mol. The molecule has 0 N–H and O–H groups in total. The Morgan fingerprint density at radius 3 is 3.09 bits per heavy atom. The Bertz CT molecular complexity index is 660. The molecule has 0 aromatic carbocycles. The number of amides is 1. The lowest BCUT2D eigenvalue weighted by molar-refractivity contribution is -0.129. The lowest BCUT2D eigenvalue weighted by Crippen LogP contribution is -2.32. The number of hydrogen-bond donors (Lipinski definition) is 0. The first-order valence-electron chi connectivity index (χ1n) is 7.56. The monoisotopic (exact) mass is 332 g/mol. The average Bonchev–Trinajstić information content (AvgIpc) is 3.19. The zero-order valence-corrected chi connectivity index (χ0v) is 14.1. The summed E-state index contributed by atoms with van der Waals surface area (Å²) in [6.07, 6.45) is 2.79. The van der Waals surface area contributed by atoms with Crippen molar-refractivity contribution in [1.29, 1.82) is 0 Å². The molecule has 1 aliphatic heterocycles. The van der Waals surface area contributed by atoms with E-state index in [-0.39, 0.29) is 12.0 Å². The molecule has 0 bridgehead atoms. The highest BCUT2D eigenvalue weighted by Crippen LogP contribution is 2.20. The van der Waals surface area contributed by atoms with Crippen molar-refractivity contribution in [2.24, 2.45) is 0 Å². The number of nitrogens with zero attached hydrogens (tertiary/aromatic N) is 4. The van der Waals surface area contributed by atoms with Crippen molar-refractivity contribution in [2.75, 3.05) is 32.1 Å². The molecule has 3 heterocycles. The van der Waals surface area contributed by atoms with Crippen molar-refractivity contribution < 1.29 is 9.53 Å². The summed E-state index contributed by atoms with van der Waals surface area (Å²) < 4.78 is 5.91. The van der Waals surface area contributed by atoms with E-state index in [0.717, 1.165) is 24.3 Å². The third-order valence-corrected chi connectivity index (χ3v) is 4.54. The molecule has 1 atom stereocenters. The van der Waals surface area contributed by atoms with E-state index in [2.05, 4.69) is 9.97 Å². The Kier molecular flexibility index (Phi) is 4.76. The van der Waals surface area contributed by atoms with Gasteiger partial charge < -0.3 is 14.5 Å². The number of aromatic nitrogens is 2. The number of likely N-dealkylation sites (tertiary alicyclic amines) is 1. The van der Waals surface area contributed by atoms with Gasteiger partial charge in [-0.1, -0.05) is 0 Å². The zero-order chi connectivity index (χ0) is 16.2. The van der Waals surface area contributed by atoms with Gasteiger partial charge in [0.2, 0.25) is 11.8 Å². The van der Waals surface area contributed by atoms with Gasteiger partial charge >= 0.3 is 0 Å². The molecular formula is C16H20N4O2S. The summed E-state index contributed by atoms with van der Waals surface area (Å²) in [5.74, 6) is 1.52. The normalized spacial score (nSPS) is 17.3. The highest BCUT2D eigenvalue weighted by Gasteiger charge is 2.28. The van der Waals surface area contributed by atoms with Crippen molar-refractivity contribution in [3.05, 3.63) is 34.8 Å². The van der Waals surface area contributed by atoms with Crippen molar-refractivity contribution in [1.82, 2.24) is 14.9 Å². The van der Waals surface area contributed by atoms with Crippen LogP contribution in [0.5, 0.6) is 5.88 Å². The van der Waals surface area contributed by atoms with E-state index in [1.165, 1.54) is 6.33 Å². The molecule has 1 amide bonds. The highest BCUT2D eigenvalue weighted by molar-refractivity contribution is 7.07. The predicted octanol–water partition coefficient (Wildman–Crippen LogP) is 1.83. The molecule has 2 aromatic heterocycles. The van der Waals surface area contributed by atoms with E-state index in [9.17, 15) is 4.79 Å². The minimum absolute atomic E-state index is 0.00802. The number of rotatable bonds is 5. The summed E-state index contributed by atoms with van der Waals surface area (Å²) in [6.45, 7) is 1.35. The second-order valence-corrected chi connectivity index (χ2v) is 6.57. The molecule has 0 spiro atoms. The van der Waals surface area contributed by atoms with Gasteiger partial charge in [-0.05, 0) is 22.4 Å². The fourth-order valence-corrected chi connectivity index (χ4v) is 3.21. The van der Waals surface area contributed by atoms with Crippen molar-refractivity contribution in [2.45, 2.75) is 18.9 Å². The molecule has 1 fully saturated rings. The van der Waals surface area contributed by atoms with Gasteiger partial charge in [0, 0.05) is 33.1 Å². The second kappa shape index (κ2) is 6.95. The smallest absolute Gasteiger partial charge is 0.227 e. The van der Waals surface area contributed by atoms with Crippen LogP contribution in [0.2, 0.25) is 0 Å². The highest BCUT2D eigenvalue weighted by atomic mass is 32.1. The molecule has 2 aromatic rings. The van der Waals surface area contributed by atoms with Gasteiger partial charge in [-0.2, -0.15) is 11.3 Å². The Morgan fingerprint density at radius 2 is 2.35 bits per heavy atom. The Hall–Kier alpha value is -2.15. The molecule has 7 heteroatoms. The van der Waals surface area contributed by atoms with Crippen LogP contribution in [0.1, 0.15) is 12.0 Å². The maximum atomic E-state index is 12.3. The molecule has 122 valence electrons. The summed E-state index contributed by atoms with van der Waals surface area (Å²) in [7, 11) is 3.85. The first-order valence-corrected chi connectivity index (χ1v) is 8.51. The summed E-state index contributed by atoms with van der Waals surface area (Å²) in [6, 6.07) is 3.81. The van der Waals surface area contributed by atoms with E-state index in [4.69, 9.17) is 4.74 Å². The van der Waals surface area contributed by atoms with E-state index < -0.39 is 0 Å².